The topological polar surface area (TPSA) is 87.6 Å². The Morgan fingerprint density at radius 1 is 0.944 bits per heavy atom. The molecule has 1 aliphatic carbocycles. The number of H-pyrrole nitrogens is 2. The number of halogens is 1. The van der Waals surface area contributed by atoms with E-state index in [1.165, 1.54) is 17.6 Å². The first-order valence-corrected chi connectivity index (χ1v) is 11.9. The van der Waals surface area contributed by atoms with Crippen LogP contribution in [0.15, 0.2) is 82.1 Å². The molecular weight excluding hydrogens is 455 g/mol. The minimum atomic E-state index is -0.588. The first-order chi connectivity index (χ1) is 17.7. The number of hydrogen-bond acceptors (Lipinski definition) is 4. The third kappa shape index (κ3) is 4.20. The minimum absolute atomic E-state index is 0.358. The van der Waals surface area contributed by atoms with Crippen LogP contribution in [0.2, 0.25) is 0 Å². The van der Waals surface area contributed by atoms with Crippen molar-refractivity contribution in [2.75, 3.05) is 0 Å². The lowest BCUT2D eigenvalue weighted by Crippen LogP contribution is -2.15. The van der Waals surface area contributed by atoms with Gasteiger partial charge in [0.1, 0.15) is 0 Å². The van der Waals surface area contributed by atoms with Crippen LogP contribution in [0.1, 0.15) is 47.3 Å². The Labute approximate surface area is 206 Å². The van der Waals surface area contributed by atoms with Gasteiger partial charge < -0.3 is 0 Å². The third-order valence-electron chi connectivity index (χ3n) is 6.76. The lowest BCUT2D eigenvalue weighted by Gasteiger charge is -2.31. The fraction of sp³-hybridized carbons (Fsp3) is 0.138. The molecule has 0 amide bonds. The Morgan fingerprint density at radius 3 is 2.42 bits per heavy atom. The molecule has 0 bridgehead atoms. The normalized spacial score (nSPS) is 14.8. The van der Waals surface area contributed by atoms with E-state index in [-0.39, 0.29) is 0 Å². The van der Waals surface area contributed by atoms with E-state index in [1.807, 2.05) is 42.5 Å². The Balaban J connectivity index is 1.50. The zero-order valence-electron chi connectivity index (χ0n) is 19.4. The maximum absolute atomic E-state index is 14.4. The largest absolute Gasteiger partial charge is 0.439 e. The van der Waals surface area contributed by atoms with E-state index >= 15 is 0 Å². The number of fused-ring (bicyclic) bond motifs is 1. The van der Waals surface area contributed by atoms with Gasteiger partial charge in [0.15, 0.2) is 5.82 Å². The standard InChI is InChI=1S/C29H23FN4O2/c30-28-23-17-22(14-15-24(23)32-33-28)27(26(20-7-4-8-20)19-5-2-1-3-6-19)21-12-9-18(10-13-21)11-16-25-31-29(35)36-34-25/h1-3,5-6,9-17,20H,4,7-8H2,(H,32,33)(H,31,34,35)/b16-11+,27-26-. The van der Waals surface area contributed by atoms with Crippen LogP contribution in [-0.4, -0.2) is 20.3 Å². The van der Waals surface area contributed by atoms with E-state index in [1.54, 1.807) is 6.08 Å². The van der Waals surface area contributed by atoms with Crippen LogP contribution < -0.4 is 5.76 Å². The quantitative estimate of drug-likeness (QED) is 0.280. The van der Waals surface area contributed by atoms with E-state index in [9.17, 15) is 9.18 Å². The fourth-order valence-corrected chi connectivity index (χ4v) is 4.76. The van der Waals surface area contributed by atoms with Gasteiger partial charge in [-0.1, -0.05) is 78.3 Å². The predicted octanol–water partition coefficient (Wildman–Crippen LogP) is 6.31. The highest BCUT2D eigenvalue weighted by atomic mass is 19.1. The van der Waals surface area contributed by atoms with Crippen molar-refractivity contribution in [1.29, 1.82) is 0 Å². The monoisotopic (exact) mass is 478 g/mol. The van der Waals surface area contributed by atoms with Crippen molar-refractivity contribution in [3.05, 3.63) is 117 Å². The average Bonchev–Trinajstić information content (AvgIpc) is 3.47. The summed E-state index contributed by atoms with van der Waals surface area (Å²) in [4.78, 5) is 13.7. The van der Waals surface area contributed by atoms with Crippen molar-refractivity contribution >= 4 is 34.2 Å². The van der Waals surface area contributed by atoms with Gasteiger partial charge in [0, 0.05) is 0 Å². The van der Waals surface area contributed by atoms with Gasteiger partial charge in [0.2, 0.25) is 5.95 Å². The van der Waals surface area contributed by atoms with Crippen LogP contribution >= 0.6 is 0 Å². The Morgan fingerprint density at radius 2 is 1.72 bits per heavy atom. The van der Waals surface area contributed by atoms with Crippen molar-refractivity contribution in [3.63, 3.8) is 0 Å². The number of benzene rings is 3. The molecule has 5 aromatic rings. The maximum Gasteiger partial charge on any atom is 0.439 e. The van der Waals surface area contributed by atoms with Gasteiger partial charge in [-0.25, -0.2) is 4.79 Å². The molecular formula is C29H23FN4O2. The van der Waals surface area contributed by atoms with Crippen molar-refractivity contribution in [2.45, 2.75) is 19.3 Å². The van der Waals surface area contributed by atoms with E-state index in [4.69, 9.17) is 0 Å². The predicted molar refractivity (Wildman–Crippen MR) is 138 cm³/mol. The van der Waals surface area contributed by atoms with Crippen LogP contribution in [0.4, 0.5) is 4.39 Å². The van der Waals surface area contributed by atoms with Crippen molar-refractivity contribution in [1.82, 2.24) is 20.3 Å². The molecule has 0 spiro atoms. The smallest absolute Gasteiger partial charge is 0.296 e. The number of hydrogen-bond donors (Lipinski definition) is 2. The maximum atomic E-state index is 14.4. The van der Waals surface area contributed by atoms with Gasteiger partial charge in [-0.3, -0.25) is 14.6 Å². The molecule has 0 atom stereocenters. The van der Waals surface area contributed by atoms with E-state index in [0.717, 1.165) is 35.1 Å². The number of rotatable bonds is 6. The number of allylic oxidation sites excluding steroid dienone is 1. The first-order valence-electron chi connectivity index (χ1n) is 11.9. The molecule has 2 N–H and O–H groups in total. The summed E-state index contributed by atoms with van der Waals surface area (Å²) in [6, 6.07) is 24.5. The molecule has 1 aliphatic rings. The molecule has 0 unspecified atom stereocenters. The summed E-state index contributed by atoms with van der Waals surface area (Å²) in [5.41, 5.74) is 7.20. The molecule has 0 saturated heterocycles. The summed E-state index contributed by atoms with van der Waals surface area (Å²) < 4.78 is 19.0. The van der Waals surface area contributed by atoms with Gasteiger partial charge in [0.25, 0.3) is 0 Å². The summed E-state index contributed by atoms with van der Waals surface area (Å²) in [7, 11) is 0. The molecule has 6 nitrogen and oxygen atoms in total. The SMILES string of the molecule is O=c1[nH]c(/C=C/c2ccc(/C(=C(\c3ccccc3)C3CCC3)c3ccc4[nH]nc(F)c4c3)cc2)no1. The van der Waals surface area contributed by atoms with E-state index in [0.29, 0.717) is 22.6 Å². The van der Waals surface area contributed by atoms with E-state index < -0.39 is 11.7 Å². The Hall–Kier alpha value is -4.52. The second-order valence-electron chi connectivity index (χ2n) is 8.99. The molecule has 1 fully saturated rings. The molecule has 6 rings (SSSR count). The third-order valence-corrected chi connectivity index (χ3v) is 6.76. The summed E-state index contributed by atoms with van der Waals surface area (Å²) in [5, 5.41) is 10.6. The van der Waals surface area contributed by atoms with Gasteiger partial charge in [-0.2, -0.15) is 4.39 Å². The highest BCUT2D eigenvalue weighted by Crippen LogP contribution is 2.45. The highest BCUT2D eigenvalue weighted by molar-refractivity contribution is 6.01. The first kappa shape index (κ1) is 22.0. The van der Waals surface area contributed by atoms with Gasteiger partial charge in [-0.15, -0.1) is 5.10 Å². The van der Waals surface area contributed by atoms with Crippen molar-refractivity contribution in [2.24, 2.45) is 5.92 Å². The lowest BCUT2D eigenvalue weighted by atomic mass is 9.73. The number of aromatic amines is 2. The van der Waals surface area contributed by atoms with E-state index in [2.05, 4.69) is 61.3 Å². The number of nitrogens with zero attached hydrogens (tertiary/aromatic N) is 2. The minimum Gasteiger partial charge on any atom is -0.296 e. The molecule has 0 aliphatic heterocycles. The van der Waals surface area contributed by atoms with Gasteiger partial charge in [0.05, 0.1) is 10.9 Å². The zero-order valence-corrected chi connectivity index (χ0v) is 19.4. The Kier molecular flexibility index (Phi) is 5.65. The fourth-order valence-electron chi connectivity index (χ4n) is 4.76. The number of nitrogens with one attached hydrogen (secondary N) is 2. The zero-order chi connectivity index (χ0) is 24.5. The van der Waals surface area contributed by atoms with Crippen molar-refractivity contribution in [3.8, 4) is 0 Å². The molecule has 1 saturated carbocycles. The Bertz CT molecular complexity index is 1640. The molecule has 3 aromatic carbocycles. The average molecular weight is 479 g/mol. The molecule has 36 heavy (non-hydrogen) atoms. The summed E-state index contributed by atoms with van der Waals surface area (Å²) in [6.07, 6.45) is 7.02. The summed E-state index contributed by atoms with van der Waals surface area (Å²) in [5.74, 6) is -0.287. The van der Waals surface area contributed by atoms with Crippen LogP contribution in [0.5, 0.6) is 0 Å². The summed E-state index contributed by atoms with van der Waals surface area (Å²) >= 11 is 0. The van der Waals surface area contributed by atoms with Crippen LogP contribution in [0.25, 0.3) is 34.2 Å². The molecule has 7 heteroatoms. The summed E-state index contributed by atoms with van der Waals surface area (Å²) in [6.45, 7) is 0. The molecule has 2 heterocycles. The van der Waals surface area contributed by atoms with Gasteiger partial charge >= 0.3 is 5.76 Å². The lowest BCUT2D eigenvalue weighted by molar-refractivity contribution is 0.385. The van der Waals surface area contributed by atoms with Crippen LogP contribution in [-0.2, 0) is 0 Å². The second-order valence-corrected chi connectivity index (χ2v) is 8.99. The highest BCUT2D eigenvalue weighted by Gasteiger charge is 2.27. The van der Waals surface area contributed by atoms with Crippen LogP contribution in [0.3, 0.4) is 0 Å². The van der Waals surface area contributed by atoms with Gasteiger partial charge in [-0.05, 0) is 70.4 Å². The molecule has 178 valence electrons. The molecule has 0 radical (unpaired) electrons. The number of aromatic nitrogens is 4. The van der Waals surface area contributed by atoms with Crippen molar-refractivity contribution < 1.29 is 8.91 Å². The van der Waals surface area contributed by atoms with Crippen LogP contribution in [0, 0.1) is 11.9 Å². The molecule has 2 aromatic heterocycles. The second kappa shape index (κ2) is 9.26.